The molecular weight excluding hydrogens is 310 g/mol. The van der Waals surface area contributed by atoms with Crippen molar-refractivity contribution >= 4 is 18.3 Å². The van der Waals surface area contributed by atoms with Crippen molar-refractivity contribution in [3.8, 4) is 5.88 Å². The zero-order valence-electron chi connectivity index (χ0n) is 14.9. The van der Waals surface area contributed by atoms with Crippen LogP contribution in [-0.2, 0) is 14.1 Å². The van der Waals surface area contributed by atoms with Crippen molar-refractivity contribution in [3.05, 3.63) is 44.6 Å². The van der Waals surface area contributed by atoms with Crippen molar-refractivity contribution in [2.45, 2.75) is 0 Å². The third kappa shape index (κ3) is 4.31. The Balaban J connectivity index is 3.00. The molecule has 0 saturated heterocycles. The second kappa shape index (κ2) is 8.09. The van der Waals surface area contributed by atoms with Gasteiger partial charge in [-0.05, 0) is 12.2 Å². The highest BCUT2D eigenvalue weighted by molar-refractivity contribution is 5.87. The predicted octanol–water partition coefficient (Wildman–Crippen LogP) is -0.380. The van der Waals surface area contributed by atoms with Crippen LogP contribution in [0.1, 0.15) is 5.56 Å². The smallest absolute Gasteiger partial charge is 0.388 e. The van der Waals surface area contributed by atoms with E-state index < -0.39 is 11.2 Å². The molecule has 0 unspecified atom stereocenters. The van der Waals surface area contributed by atoms with Gasteiger partial charge < -0.3 is 5.11 Å². The maximum absolute atomic E-state index is 12.0. The van der Waals surface area contributed by atoms with E-state index >= 15 is 0 Å². The van der Waals surface area contributed by atoms with E-state index in [2.05, 4.69) is 4.99 Å². The van der Waals surface area contributed by atoms with Crippen molar-refractivity contribution < 1.29 is 9.68 Å². The molecule has 0 saturated carbocycles. The van der Waals surface area contributed by atoms with E-state index in [4.69, 9.17) is 0 Å². The molecule has 1 heterocycles. The molecule has 24 heavy (non-hydrogen) atoms. The quantitative estimate of drug-likeness (QED) is 0.353. The number of allylic oxidation sites excluding steroid dienone is 3. The Morgan fingerprint density at radius 1 is 1.12 bits per heavy atom. The summed E-state index contributed by atoms with van der Waals surface area (Å²) in [5.41, 5.74) is -1.08. The summed E-state index contributed by atoms with van der Waals surface area (Å²) in [4.78, 5) is 29.8. The molecule has 1 aromatic rings. The molecule has 0 bridgehead atoms. The zero-order valence-corrected chi connectivity index (χ0v) is 14.9. The van der Waals surface area contributed by atoms with E-state index in [1.165, 1.54) is 20.2 Å². The van der Waals surface area contributed by atoms with E-state index in [0.29, 0.717) is 0 Å². The van der Waals surface area contributed by atoms with E-state index in [9.17, 15) is 14.7 Å². The lowest BCUT2D eigenvalue weighted by Gasteiger charge is -2.06. The van der Waals surface area contributed by atoms with Crippen molar-refractivity contribution in [1.82, 2.24) is 14.0 Å². The maximum atomic E-state index is 12.0. The largest absolute Gasteiger partial charge is 0.494 e. The Morgan fingerprint density at radius 3 is 2.29 bits per heavy atom. The van der Waals surface area contributed by atoms with Gasteiger partial charge in [0.15, 0.2) is 0 Å². The minimum Gasteiger partial charge on any atom is -0.494 e. The molecule has 1 rings (SSSR count). The van der Waals surface area contributed by atoms with Gasteiger partial charge in [0.05, 0.1) is 28.2 Å². The normalized spacial score (nSPS) is 11.8. The van der Waals surface area contributed by atoms with Gasteiger partial charge in [-0.2, -0.15) is 0 Å². The van der Waals surface area contributed by atoms with Crippen molar-refractivity contribution in [1.29, 1.82) is 0 Å². The lowest BCUT2D eigenvalue weighted by atomic mass is 10.2. The average molecular weight is 334 g/mol. The van der Waals surface area contributed by atoms with Gasteiger partial charge in [0.1, 0.15) is 11.8 Å². The molecule has 1 aromatic heterocycles. The highest BCUT2D eigenvalue weighted by atomic mass is 16.3. The van der Waals surface area contributed by atoms with Gasteiger partial charge in [-0.3, -0.25) is 23.4 Å². The molecule has 0 aliphatic rings. The van der Waals surface area contributed by atoms with Crippen LogP contribution in [0.3, 0.4) is 0 Å². The van der Waals surface area contributed by atoms with Crippen LogP contribution < -0.4 is 11.2 Å². The molecule has 0 fully saturated rings. The van der Waals surface area contributed by atoms with Gasteiger partial charge in [0.25, 0.3) is 5.56 Å². The summed E-state index contributed by atoms with van der Waals surface area (Å²) in [6, 6.07) is 0. The Hall–Kier alpha value is -2.90. The first-order chi connectivity index (χ1) is 11.2. The third-order valence-electron chi connectivity index (χ3n) is 3.23. The van der Waals surface area contributed by atoms with E-state index in [0.717, 1.165) is 15.1 Å². The lowest BCUT2D eigenvalue weighted by molar-refractivity contribution is -0.470. The minimum atomic E-state index is -0.576. The van der Waals surface area contributed by atoms with Crippen LogP contribution in [-0.4, -0.2) is 64.1 Å². The molecule has 0 spiro atoms. The summed E-state index contributed by atoms with van der Waals surface area (Å²) >= 11 is 0. The summed E-state index contributed by atoms with van der Waals surface area (Å²) in [5.74, 6) is 0.422. The fraction of sp³-hybridized carbons (Fsp3) is 0.375. The molecule has 0 amide bonds. The topological polar surface area (TPSA) is 82.8 Å². The summed E-state index contributed by atoms with van der Waals surface area (Å²) in [5, 5.41) is 9.91. The number of aromatic nitrogens is 2. The van der Waals surface area contributed by atoms with Crippen molar-refractivity contribution in [2.75, 3.05) is 28.2 Å². The van der Waals surface area contributed by atoms with Crippen LogP contribution in [0.15, 0.2) is 32.8 Å². The first kappa shape index (κ1) is 19.1. The highest BCUT2D eigenvalue weighted by Crippen LogP contribution is 2.10. The van der Waals surface area contributed by atoms with E-state index in [-0.39, 0.29) is 11.4 Å². The molecule has 8 heteroatoms. The van der Waals surface area contributed by atoms with Crippen LogP contribution in [0.5, 0.6) is 5.88 Å². The molecule has 0 atom stereocenters. The van der Waals surface area contributed by atoms with Gasteiger partial charge in [-0.1, -0.05) is 17.1 Å². The van der Waals surface area contributed by atoms with E-state index in [1.54, 1.807) is 24.4 Å². The van der Waals surface area contributed by atoms with Crippen LogP contribution in [0.4, 0.5) is 0 Å². The molecule has 0 aromatic carbocycles. The lowest BCUT2D eigenvalue weighted by Crippen LogP contribution is -2.37. The number of hydrogen-bond acceptors (Lipinski definition) is 3. The molecule has 0 aliphatic carbocycles. The minimum absolute atomic E-state index is 0.0509. The fourth-order valence-electron chi connectivity index (χ4n) is 2.01. The summed E-state index contributed by atoms with van der Waals surface area (Å²) < 4.78 is 3.84. The Bertz CT molecular complexity index is 834. The number of rotatable bonds is 3. The van der Waals surface area contributed by atoms with Crippen molar-refractivity contribution in [2.24, 2.45) is 19.1 Å². The van der Waals surface area contributed by atoms with Crippen LogP contribution >= 0.6 is 0 Å². The number of nitrogens with zero attached hydrogens (tertiary/aromatic N) is 5. The Kier molecular flexibility index (Phi) is 6.46. The summed E-state index contributed by atoms with van der Waals surface area (Å²) in [7, 11) is 10.4. The molecule has 0 radical (unpaired) electrons. The highest BCUT2D eigenvalue weighted by Gasteiger charge is 2.11. The first-order valence-electron chi connectivity index (χ1n) is 7.26. The molecule has 8 nitrogen and oxygen atoms in total. The monoisotopic (exact) mass is 334 g/mol. The van der Waals surface area contributed by atoms with Gasteiger partial charge >= 0.3 is 11.6 Å². The van der Waals surface area contributed by atoms with Gasteiger partial charge in [0, 0.05) is 14.1 Å². The van der Waals surface area contributed by atoms with Crippen LogP contribution in [0.2, 0.25) is 0 Å². The molecule has 0 aliphatic heterocycles. The number of guanidine groups is 1. The molecule has 130 valence electrons. The number of hydrogen-bond donors (Lipinski definition) is 1. The predicted molar refractivity (Wildman–Crippen MR) is 96.1 cm³/mol. The number of aliphatic imine (C=N–C) groups is 1. The van der Waals surface area contributed by atoms with Gasteiger partial charge in [-0.15, -0.1) is 0 Å². The SMILES string of the molecule is CN(C)C(/N=C/C=C/C=C/c1c(O)n(C)c(=O)n(C)c1=O)=[N+](C)C. The second-order valence-electron chi connectivity index (χ2n) is 5.55. The van der Waals surface area contributed by atoms with Crippen molar-refractivity contribution in [3.63, 3.8) is 0 Å². The Labute approximate surface area is 140 Å². The summed E-state index contributed by atoms with van der Waals surface area (Å²) in [6.45, 7) is 0. The third-order valence-corrected chi connectivity index (χ3v) is 3.23. The molecular formula is C16H24N5O3+. The first-order valence-corrected chi connectivity index (χ1v) is 7.26. The van der Waals surface area contributed by atoms with Gasteiger partial charge in [0.2, 0.25) is 5.88 Å². The molecule has 1 N–H and O–H groups in total. The van der Waals surface area contributed by atoms with Gasteiger partial charge in [-0.25, -0.2) is 4.79 Å². The van der Waals surface area contributed by atoms with E-state index in [1.807, 2.05) is 37.7 Å². The fourth-order valence-corrected chi connectivity index (χ4v) is 2.01. The Morgan fingerprint density at radius 2 is 1.75 bits per heavy atom. The number of aromatic hydroxyl groups is 1. The van der Waals surface area contributed by atoms with Crippen LogP contribution in [0, 0.1) is 0 Å². The van der Waals surface area contributed by atoms with Crippen LogP contribution in [0.25, 0.3) is 6.08 Å². The zero-order chi connectivity index (χ0) is 18.4. The summed E-state index contributed by atoms with van der Waals surface area (Å²) in [6.07, 6.45) is 8.05. The standard InChI is InChI=1S/C16H23N5O3/c1-18(2)15(19(3)4)17-11-9-7-8-10-12-13(22)20(5)16(24)21(6)14(12)23/h7-11H,1-6H3/p+1. The second-order valence-corrected chi connectivity index (χ2v) is 5.55. The average Bonchev–Trinajstić information content (AvgIpc) is 2.52. The maximum Gasteiger partial charge on any atom is 0.388 e.